The Hall–Kier alpha value is -2.12. The summed E-state index contributed by atoms with van der Waals surface area (Å²) in [6.07, 6.45) is 5.34. The van der Waals surface area contributed by atoms with Gasteiger partial charge < -0.3 is 19.7 Å². The van der Waals surface area contributed by atoms with Crippen molar-refractivity contribution in [2.45, 2.75) is 25.4 Å². The monoisotopic (exact) mass is 344 g/mol. The maximum absolute atomic E-state index is 12.7. The lowest BCUT2D eigenvalue weighted by Crippen LogP contribution is -2.37. The number of anilines is 1. The van der Waals surface area contributed by atoms with Gasteiger partial charge in [-0.25, -0.2) is 4.98 Å². The van der Waals surface area contributed by atoms with Gasteiger partial charge in [0.1, 0.15) is 0 Å². The number of imidazole rings is 1. The lowest BCUT2D eigenvalue weighted by Gasteiger charge is -2.27. The first-order valence-electron chi connectivity index (χ1n) is 9.02. The highest BCUT2D eigenvalue weighted by molar-refractivity contribution is 5.99. The first kappa shape index (κ1) is 16.4. The van der Waals surface area contributed by atoms with Crippen LogP contribution in [0.5, 0.6) is 0 Å². The van der Waals surface area contributed by atoms with Crippen LogP contribution in [0.4, 0.5) is 5.95 Å². The van der Waals surface area contributed by atoms with Crippen LogP contribution in [0.1, 0.15) is 29.8 Å². The standard InChI is InChI=1S/C18H24N4O3/c23-17(19-13-14-5-2-4-10-25-14)16-15-6-1-3-7-22(15)18(20-16)21-8-11-24-12-9-21/h1,3,6-7,14H,2,4-5,8-13H2,(H,19,23). The van der Waals surface area contributed by atoms with Crippen molar-refractivity contribution >= 4 is 17.4 Å². The number of carbonyl (C=O) groups excluding carboxylic acids is 1. The van der Waals surface area contributed by atoms with Crippen LogP contribution in [0.15, 0.2) is 24.4 Å². The minimum Gasteiger partial charge on any atom is -0.378 e. The van der Waals surface area contributed by atoms with Crippen LogP contribution in [0, 0.1) is 0 Å². The number of amides is 1. The Morgan fingerprint density at radius 3 is 2.92 bits per heavy atom. The zero-order valence-corrected chi connectivity index (χ0v) is 14.3. The van der Waals surface area contributed by atoms with Gasteiger partial charge in [-0.3, -0.25) is 9.20 Å². The van der Waals surface area contributed by atoms with Crippen molar-refractivity contribution in [3.8, 4) is 0 Å². The van der Waals surface area contributed by atoms with Crippen molar-refractivity contribution < 1.29 is 14.3 Å². The summed E-state index contributed by atoms with van der Waals surface area (Å²) in [6, 6.07) is 5.82. The van der Waals surface area contributed by atoms with Gasteiger partial charge in [-0.2, -0.15) is 0 Å². The zero-order valence-electron chi connectivity index (χ0n) is 14.3. The predicted molar refractivity (Wildman–Crippen MR) is 94.1 cm³/mol. The number of nitrogens with zero attached hydrogens (tertiary/aromatic N) is 3. The van der Waals surface area contributed by atoms with Crippen LogP contribution in [-0.2, 0) is 9.47 Å². The Labute approximate surface area is 146 Å². The van der Waals surface area contributed by atoms with Gasteiger partial charge in [0, 0.05) is 32.4 Å². The Balaban J connectivity index is 1.55. The summed E-state index contributed by atoms with van der Waals surface area (Å²) >= 11 is 0. The van der Waals surface area contributed by atoms with E-state index in [2.05, 4.69) is 15.2 Å². The quantitative estimate of drug-likeness (QED) is 0.910. The number of fused-ring (bicyclic) bond motifs is 1. The molecule has 2 aliphatic rings. The molecule has 1 amide bonds. The topological polar surface area (TPSA) is 68.1 Å². The van der Waals surface area contributed by atoms with Gasteiger partial charge in [0.25, 0.3) is 5.91 Å². The van der Waals surface area contributed by atoms with Gasteiger partial charge in [-0.15, -0.1) is 0 Å². The molecule has 0 bridgehead atoms. The molecule has 1 N–H and O–H groups in total. The Bertz CT molecular complexity index is 733. The summed E-state index contributed by atoms with van der Waals surface area (Å²) in [6.45, 7) is 4.26. The van der Waals surface area contributed by atoms with Gasteiger partial charge in [-0.1, -0.05) is 6.07 Å². The summed E-state index contributed by atoms with van der Waals surface area (Å²) in [5.41, 5.74) is 1.30. The van der Waals surface area contributed by atoms with E-state index < -0.39 is 0 Å². The molecule has 1 unspecified atom stereocenters. The number of carbonyl (C=O) groups is 1. The van der Waals surface area contributed by atoms with Crippen LogP contribution >= 0.6 is 0 Å². The number of hydrogen-bond acceptors (Lipinski definition) is 5. The fraction of sp³-hybridized carbons (Fsp3) is 0.556. The highest BCUT2D eigenvalue weighted by atomic mass is 16.5. The van der Waals surface area contributed by atoms with E-state index in [1.165, 1.54) is 0 Å². The number of hydrogen-bond donors (Lipinski definition) is 1. The molecular weight excluding hydrogens is 320 g/mol. The summed E-state index contributed by atoms with van der Waals surface area (Å²) in [7, 11) is 0. The molecule has 2 fully saturated rings. The molecule has 2 saturated heterocycles. The molecule has 2 aromatic rings. The van der Waals surface area contributed by atoms with Gasteiger partial charge in [0.15, 0.2) is 5.69 Å². The maximum Gasteiger partial charge on any atom is 0.272 e. The normalized spacial score (nSPS) is 21.4. The number of nitrogens with one attached hydrogen (secondary N) is 1. The molecule has 2 aromatic heterocycles. The summed E-state index contributed by atoms with van der Waals surface area (Å²) < 4.78 is 13.1. The Kier molecular flexibility index (Phi) is 4.85. The van der Waals surface area contributed by atoms with Crippen LogP contribution in [0.3, 0.4) is 0 Å². The van der Waals surface area contributed by atoms with Crippen molar-refractivity contribution in [2.75, 3.05) is 44.4 Å². The summed E-state index contributed by atoms with van der Waals surface area (Å²) in [4.78, 5) is 19.5. The van der Waals surface area contributed by atoms with E-state index in [1.807, 2.05) is 28.8 Å². The second kappa shape index (κ2) is 7.41. The van der Waals surface area contributed by atoms with Crippen molar-refractivity contribution in [3.05, 3.63) is 30.1 Å². The smallest absolute Gasteiger partial charge is 0.272 e. The largest absolute Gasteiger partial charge is 0.378 e. The molecule has 4 heterocycles. The average molecular weight is 344 g/mol. The van der Waals surface area contributed by atoms with Crippen molar-refractivity contribution in [1.82, 2.24) is 14.7 Å². The van der Waals surface area contributed by atoms with Gasteiger partial charge >= 0.3 is 0 Å². The first-order valence-corrected chi connectivity index (χ1v) is 9.02. The molecule has 7 heteroatoms. The number of pyridine rings is 1. The molecule has 4 rings (SSSR count). The molecule has 134 valence electrons. The molecule has 2 aliphatic heterocycles. The molecule has 0 spiro atoms. The minimum atomic E-state index is -0.141. The third-order valence-electron chi connectivity index (χ3n) is 4.80. The fourth-order valence-corrected chi connectivity index (χ4v) is 3.43. The third-order valence-corrected chi connectivity index (χ3v) is 4.80. The number of morpholine rings is 1. The van der Waals surface area contributed by atoms with E-state index in [-0.39, 0.29) is 12.0 Å². The SMILES string of the molecule is O=C(NCC1CCCCO1)c1nc(N2CCOCC2)n2ccccc12. The van der Waals surface area contributed by atoms with E-state index in [0.717, 1.165) is 50.4 Å². The third kappa shape index (κ3) is 3.48. The zero-order chi connectivity index (χ0) is 17.1. The molecule has 0 aromatic carbocycles. The minimum absolute atomic E-state index is 0.116. The summed E-state index contributed by atoms with van der Waals surface area (Å²) in [5, 5.41) is 2.99. The Morgan fingerprint density at radius 1 is 1.24 bits per heavy atom. The number of aromatic nitrogens is 2. The molecule has 0 radical (unpaired) electrons. The molecular formula is C18H24N4O3. The van der Waals surface area contributed by atoms with E-state index >= 15 is 0 Å². The molecule has 0 saturated carbocycles. The molecule has 7 nitrogen and oxygen atoms in total. The van der Waals surface area contributed by atoms with E-state index in [4.69, 9.17) is 9.47 Å². The highest BCUT2D eigenvalue weighted by Crippen LogP contribution is 2.21. The fourth-order valence-electron chi connectivity index (χ4n) is 3.43. The summed E-state index contributed by atoms with van der Waals surface area (Å²) in [5.74, 6) is 0.662. The van der Waals surface area contributed by atoms with Crippen molar-refractivity contribution in [3.63, 3.8) is 0 Å². The number of ether oxygens (including phenoxy) is 2. The van der Waals surface area contributed by atoms with Crippen LogP contribution in [0.2, 0.25) is 0 Å². The van der Waals surface area contributed by atoms with Crippen LogP contribution in [0.25, 0.3) is 5.52 Å². The predicted octanol–water partition coefficient (Wildman–Crippen LogP) is 1.47. The molecule has 25 heavy (non-hydrogen) atoms. The highest BCUT2D eigenvalue weighted by Gasteiger charge is 2.23. The second-order valence-corrected chi connectivity index (χ2v) is 6.51. The van der Waals surface area contributed by atoms with Crippen molar-refractivity contribution in [1.29, 1.82) is 0 Å². The second-order valence-electron chi connectivity index (χ2n) is 6.51. The van der Waals surface area contributed by atoms with E-state index in [0.29, 0.717) is 25.5 Å². The molecule has 1 atom stereocenters. The van der Waals surface area contributed by atoms with Gasteiger partial charge in [-0.05, 0) is 31.4 Å². The van der Waals surface area contributed by atoms with Crippen molar-refractivity contribution in [2.24, 2.45) is 0 Å². The van der Waals surface area contributed by atoms with E-state index in [1.54, 1.807) is 0 Å². The Morgan fingerprint density at radius 2 is 2.12 bits per heavy atom. The number of rotatable bonds is 4. The molecule has 0 aliphatic carbocycles. The average Bonchev–Trinajstić information content (AvgIpc) is 3.07. The maximum atomic E-state index is 12.7. The van der Waals surface area contributed by atoms with Gasteiger partial charge in [0.2, 0.25) is 5.95 Å². The lowest BCUT2D eigenvalue weighted by atomic mass is 10.1. The lowest BCUT2D eigenvalue weighted by molar-refractivity contribution is 0.0169. The first-order chi connectivity index (χ1) is 12.3. The van der Waals surface area contributed by atoms with Gasteiger partial charge in [0.05, 0.1) is 24.8 Å². The van der Waals surface area contributed by atoms with Crippen LogP contribution < -0.4 is 10.2 Å². The van der Waals surface area contributed by atoms with E-state index in [9.17, 15) is 4.79 Å². The van der Waals surface area contributed by atoms with Crippen LogP contribution in [-0.4, -0.2) is 60.9 Å².